The molecule has 3 rings (SSSR count). The average Bonchev–Trinajstić information content (AvgIpc) is 3.32. The molecule has 2 atom stereocenters. The van der Waals surface area contributed by atoms with Gasteiger partial charge in [-0.15, -0.1) is 0 Å². The van der Waals surface area contributed by atoms with Crippen molar-refractivity contribution in [2.24, 2.45) is 17.3 Å². The summed E-state index contributed by atoms with van der Waals surface area (Å²) in [6.07, 6.45) is 2.07. The van der Waals surface area contributed by atoms with E-state index in [0.29, 0.717) is 32.8 Å². The Morgan fingerprint density at radius 3 is 2.27 bits per heavy atom. The van der Waals surface area contributed by atoms with Gasteiger partial charge in [0.05, 0.1) is 5.41 Å². The Labute approximate surface area is 155 Å². The molecule has 0 aromatic heterocycles. The molecule has 3 heterocycles. The number of amides is 3. The standard InChI is InChI=1S/C19H31N3O4/c1-4-26-11-16(23)21-9-15-10-22(17(24)14(2)3)13-19(15,12-21)18(25)20-7-5-6-8-20/h14-15H,4-13H2,1-3H3/t15-,19-/m1/s1. The number of ether oxygens (including phenoxy) is 1. The number of rotatable bonds is 5. The molecule has 0 N–H and O–H groups in total. The lowest BCUT2D eigenvalue weighted by Gasteiger charge is -2.32. The molecule has 0 aromatic rings. The Morgan fingerprint density at radius 2 is 1.65 bits per heavy atom. The molecular formula is C19H31N3O4. The number of hydrogen-bond acceptors (Lipinski definition) is 4. The van der Waals surface area contributed by atoms with Gasteiger partial charge in [-0.3, -0.25) is 14.4 Å². The van der Waals surface area contributed by atoms with Crippen LogP contribution in [0.2, 0.25) is 0 Å². The van der Waals surface area contributed by atoms with Crippen molar-refractivity contribution < 1.29 is 19.1 Å². The molecule has 7 nitrogen and oxygen atoms in total. The normalized spacial score (nSPS) is 28.2. The minimum absolute atomic E-state index is 0.0175. The van der Waals surface area contributed by atoms with Gasteiger partial charge in [-0.25, -0.2) is 0 Å². The van der Waals surface area contributed by atoms with Crippen LogP contribution in [0.1, 0.15) is 33.6 Å². The van der Waals surface area contributed by atoms with Crippen LogP contribution in [-0.2, 0) is 19.1 Å². The fourth-order valence-corrected chi connectivity index (χ4v) is 4.61. The molecule has 7 heteroatoms. The van der Waals surface area contributed by atoms with Crippen LogP contribution in [0.15, 0.2) is 0 Å². The van der Waals surface area contributed by atoms with Crippen molar-refractivity contribution >= 4 is 17.7 Å². The van der Waals surface area contributed by atoms with E-state index in [1.807, 2.05) is 30.6 Å². The first-order valence-electron chi connectivity index (χ1n) is 9.82. The van der Waals surface area contributed by atoms with Crippen molar-refractivity contribution in [1.82, 2.24) is 14.7 Å². The third kappa shape index (κ3) is 3.33. The van der Waals surface area contributed by atoms with Crippen LogP contribution in [0, 0.1) is 17.3 Å². The van der Waals surface area contributed by atoms with Gasteiger partial charge in [0.25, 0.3) is 0 Å². The van der Waals surface area contributed by atoms with Gasteiger partial charge < -0.3 is 19.4 Å². The summed E-state index contributed by atoms with van der Waals surface area (Å²) in [6, 6.07) is 0. The summed E-state index contributed by atoms with van der Waals surface area (Å²) in [5, 5.41) is 0. The van der Waals surface area contributed by atoms with Gasteiger partial charge in [0.15, 0.2) is 0 Å². The van der Waals surface area contributed by atoms with Gasteiger partial charge in [0.2, 0.25) is 17.7 Å². The topological polar surface area (TPSA) is 70.2 Å². The first-order chi connectivity index (χ1) is 12.4. The summed E-state index contributed by atoms with van der Waals surface area (Å²) in [6.45, 7) is 9.72. The second-order valence-corrected chi connectivity index (χ2v) is 8.14. The highest BCUT2D eigenvalue weighted by Crippen LogP contribution is 2.45. The van der Waals surface area contributed by atoms with Crippen molar-refractivity contribution in [2.45, 2.75) is 33.6 Å². The number of nitrogens with zero attached hydrogens (tertiary/aromatic N) is 3. The van der Waals surface area contributed by atoms with Crippen molar-refractivity contribution in [3.05, 3.63) is 0 Å². The fourth-order valence-electron chi connectivity index (χ4n) is 4.61. The third-order valence-corrected chi connectivity index (χ3v) is 6.02. The summed E-state index contributed by atoms with van der Waals surface area (Å²) in [4.78, 5) is 43.9. The monoisotopic (exact) mass is 365 g/mol. The summed E-state index contributed by atoms with van der Waals surface area (Å²) < 4.78 is 5.26. The van der Waals surface area contributed by atoms with Crippen LogP contribution in [0.25, 0.3) is 0 Å². The van der Waals surface area contributed by atoms with Crippen LogP contribution in [0.5, 0.6) is 0 Å². The molecule has 0 spiro atoms. The van der Waals surface area contributed by atoms with Crippen molar-refractivity contribution in [3.8, 4) is 0 Å². The zero-order valence-electron chi connectivity index (χ0n) is 16.2. The van der Waals surface area contributed by atoms with E-state index in [2.05, 4.69) is 0 Å². The van der Waals surface area contributed by atoms with Gasteiger partial charge in [0, 0.05) is 57.7 Å². The van der Waals surface area contributed by atoms with Gasteiger partial charge >= 0.3 is 0 Å². The van der Waals surface area contributed by atoms with Crippen LogP contribution in [0.4, 0.5) is 0 Å². The number of likely N-dealkylation sites (tertiary alicyclic amines) is 3. The fraction of sp³-hybridized carbons (Fsp3) is 0.842. The molecular weight excluding hydrogens is 334 g/mol. The highest BCUT2D eigenvalue weighted by Gasteiger charge is 2.60. The van der Waals surface area contributed by atoms with Gasteiger partial charge in [-0.2, -0.15) is 0 Å². The predicted molar refractivity (Wildman–Crippen MR) is 96.2 cm³/mol. The summed E-state index contributed by atoms with van der Waals surface area (Å²) in [5.41, 5.74) is -0.642. The van der Waals surface area contributed by atoms with Gasteiger partial charge in [0.1, 0.15) is 6.61 Å². The number of carbonyl (C=O) groups is 3. The first kappa shape index (κ1) is 19.1. The second kappa shape index (κ2) is 7.55. The van der Waals surface area contributed by atoms with E-state index in [1.54, 1.807) is 4.90 Å². The molecule has 0 aliphatic carbocycles. The molecule has 26 heavy (non-hydrogen) atoms. The molecule has 0 aromatic carbocycles. The molecule has 3 saturated heterocycles. The largest absolute Gasteiger partial charge is 0.372 e. The quantitative estimate of drug-likeness (QED) is 0.715. The zero-order valence-corrected chi connectivity index (χ0v) is 16.2. The van der Waals surface area contributed by atoms with Crippen molar-refractivity contribution in [1.29, 1.82) is 0 Å². The Balaban J connectivity index is 1.80. The highest BCUT2D eigenvalue weighted by atomic mass is 16.5. The highest BCUT2D eigenvalue weighted by molar-refractivity contribution is 5.89. The van der Waals surface area contributed by atoms with E-state index >= 15 is 0 Å². The molecule has 0 saturated carbocycles. The predicted octanol–water partition coefficient (Wildman–Crippen LogP) is 0.588. The molecule has 3 fully saturated rings. The molecule has 3 aliphatic rings. The van der Waals surface area contributed by atoms with E-state index in [4.69, 9.17) is 4.74 Å². The van der Waals surface area contributed by atoms with Crippen LogP contribution in [-0.4, -0.2) is 84.9 Å². The lowest BCUT2D eigenvalue weighted by molar-refractivity contribution is -0.143. The maximum absolute atomic E-state index is 13.4. The molecule has 0 radical (unpaired) electrons. The molecule has 3 aliphatic heterocycles. The Bertz CT molecular complexity index is 573. The number of carbonyl (C=O) groups excluding carboxylic acids is 3. The van der Waals surface area contributed by atoms with E-state index < -0.39 is 5.41 Å². The van der Waals surface area contributed by atoms with E-state index in [1.165, 1.54) is 0 Å². The summed E-state index contributed by atoms with van der Waals surface area (Å²) in [5.74, 6) is 0.106. The van der Waals surface area contributed by atoms with E-state index in [9.17, 15) is 14.4 Å². The molecule has 0 unspecified atom stereocenters. The first-order valence-corrected chi connectivity index (χ1v) is 9.82. The average molecular weight is 365 g/mol. The lowest BCUT2D eigenvalue weighted by atomic mass is 9.79. The summed E-state index contributed by atoms with van der Waals surface area (Å²) in [7, 11) is 0. The lowest BCUT2D eigenvalue weighted by Crippen LogP contribution is -2.50. The zero-order chi connectivity index (χ0) is 18.9. The third-order valence-electron chi connectivity index (χ3n) is 6.02. The molecule has 0 bridgehead atoms. The number of hydrogen-bond donors (Lipinski definition) is 0. The van der Waals surface area contributed by atoms with E-state index in [-0.39, 0.29) is 36.2 Å². The van der Waals surface area contributed by atoms with Crippen LogP contribution in [0.3, 0.4) is 0 Å². The van der Waals surface area contributed by atoms with Crippen molar-refractivity contribution in [2.75, 3.05) is 52.5 Å². The van der Waals surface area contributed by atoms with Gasteiger partial charge in [-0.1, -0.05) is 13.8 Å². The van der Waals surface area contributed by atoms with Crippen molar-refractivity contribution in [3.63, 3.8) is 0 Å². The van der Waals surface area contributed by atoms with Gasteiger partial charge in [-0.05, 0) is 19.8 Å². The second-order valence-electron chi connectivity index (χ2n) is 8.14. The maximum atomic E-state index is 13.4. The van der Waals surface area contributed by atoms with E-state index in [0.717, 1.165) is 25.9 Å². The Hall–Kier alpha value is -1.63. The van der Waals surface area contributed by atoms with Crippen LogP contribution < -0.4 is 0 Å². The Morgan fingerprint density at radius 1 is 1.04 bits per heavy atom. The summed E-state index contributed by atoms with van der Waals surface area (Å²) >= 11 is 0. The number of fused-ring (bicyclic) bond motifs is 1. The smallest absolute Gasteiger partial charge is 0.248 e. The molecule has 146 valence electrons. The minimum Gasteiger partial charge on any atom is -0.372 e. The Kier molecular flexibility index (Phi) is 5.55. The maximum Gasteiger partial charge on any atom is 0.248 e. The molecule has 3 amide bonds. The van der Waals surface area contributed by atoms with Crippen LogP contribution >= 0.6 is 0 Å². The minimum atomic E-state index is -0.642. The SMILES string of the molecule is CCOCC(=O)N1C[C@@H]2CN(C(=O)C(C)C)C[C@]2(C(=O)N2CCCC2)C1.